The molecule has 0 spiro atoms. The topological polar surface area (TPSA) is 66.8 Å². The molecule has 0 aliphatic heterocycles. The first kappa shape index (κ1) is 16.2. The van der Waals surface area contributed by atoms with Gasteiger partial charge in [0.1, 0.15) is 5.54 Å². The summed E-state index contributed by atoms with van der Waals surface area (Å²) in [6.07, 6.45) is 0. The molecule has 0 saturated heterocycles. The van der Waals surface area contributed by atoms with Crippen LogP contribution in [0.4, 0.5) is 0 Å². The second kappa shape index (κ2) is 6.52. The Balaban J connectivity index is 2.76. The number of carbonyl (C=O) groups excluding carboxylic acids is 1. The molecule has 1 aromatic rings. The Morgan fingerprint density at radius 3 is 2.25 bits per heavy atom. The van der Waals surface area contributed by atoms with E-state index < -0.39 is 11.5 Å². The minimum atomic E-state index is -0.947. The maximum Gasteiger partial charge on any atom is 0.335 e. The molecule has 0 amide bonds. The minimum Gasteiger partial charge on any atom is -0.478 e. The standard InChI is InChI=1S/C15H21NO4/c1-5-20-14(19)15(2,3)16(4)10-11-6-8-12(9-7-11)13(17)18/h6-9H,5,10H2,1-4H3,(H,17,18). The van der Waals surface area contributed by atoms with Crippen LogP contribution < -0.4 is 0 Å². The molecule has 0 bridgehead atoms. The molecule has 0 radical (unpaired) electrons. The predicted octanol–water partition coefficient (Wildman–Crippen LogP) is 2.16. The zero-order chi connectivity index (χ0) is 15.3. The Hall–Kier alpha value is -1.88. The summed E-state index contributed by atoms with van der Waals surface area (Å²) >= 11 is 0. The molecule has 1 N–H and O–H groups in total. The number of ether oxygens (including phenoxy) is 1. The minimum absolute atomic E-state index is 0.251. The van der Waals surface area contributed by atoms with Crippen molar-refractivity contribution in [2.24, 2.45) is 0 Å². The largest absolute Gasteiger partial charge is 0.478 e. The van der Waals surface area contributed by atoms with Gasteiger partial charge in [0.05, 0.1) is 12.2 Å². The Bertz CT molecular complexity index is 479. The van der Waals surface area contributed by atoms with Gasteiger partial charge in [-0.25, -0.2) is 4.79 Å². The Labute approximate surface area is 119 Å². The quantitative estimate of drug-likeness (QED) is 0.808. The zero-order valence-corrected chi connectivity index (χ0v) is 12.3. The number of carboxylic acids is 1. The Morgan fingerprint density at radius 2 is 1.80 bits per heavy atom. The highest BCUT2D eigenvalue weighted by atomic mass is 16.5. The van der Waals surface area contributed by atoms with Crippen LogP contribution in [-0.4, -0.2) is 41.1 Å². The van der Waals surface area contributed by atoms with Crippen LogP contribution in [0.2, 0.25) is 0 Å². The molecule has 0 aliphatic carbocycles. The molecular formula is C15H21NO4. The number of carbonyl (C=O) groups is 2. The Morgan fingerprint density at radius 1 is 1.25 bits per heavy atom. The van der Waals surface area contributed by atoms with Crippen LogP contribution in [-0.2, 0) is 16.1 Å². The summed E-state index contributed by atoms with van der Waals surface area (Å²) in [6, 6.07) is 6.62. The summed E-state index contributed by atoms with van der Waals surface area (Å²) in [5.74, 6) is -1.22. The molecule has 0 atom stereocenters. The van der Waals surface area contributed by atoms with E-state index in [9.17, 15) is 9.59 Å². The van der Waals surface area contributed by atoms with Crippen LogP contribution in [0.3, 0.4) is 0 Å². The SMILES string of the molecule is CCOC(=O)C(C)(C)N(C)Cc1ccc(C(=O)O)cc1. The van der Waals surface area contributed by atoms with Gasteiger partial charge in [-0.1, -0.05) is 12.1 Å². The molecular weight excluding hydrogens is 258 g/mol. The van der Waals surface area contributed by atoms with Crippen molar-refractivity contribution < 1.29 is 19.4 Å². The first-order valence-electron chi connectivity index (χ1n) is 6.49. The molecule has 0 unspecified atom stereocenters. The molecule has 0 heterocycles. The van der Waals surface area contributed by atoms with Crippen molar-refractivity contribution >= 4 is 11.9 Å². The second-order valence-corrected chi connectivity index (χ2v) is 5.14. The summed E-state index contributed by atoms with van der Waals surface area (Å²) in [4.78, 5) is 24.6. The van der Waals surface area contributed by atoms with E-state index in [1.807, 2.05) is 11.9 Å². The molecule has 110 valence electrons. The summed E-state index contributed by atoms with van der Waals surface area (Å²) in [6.45, 7) is 6.26. The van der Waals surface area contributed by atoms with Gasteiger partial charge in [0.15, 0.2) is 0 Å². The third-order valence-corrected chi connectivity index (χ3v) is 3.35. The highest BCUT2D eigenvalue weighted by Crippen LogP contribution is 2.18. The van der Waals surface area contributed by atoms with E-state index in [4.69, 9.17) is 9.84 Å². The van der Waals surface area contributed by atoms with Gasteiger partial charge in [-0.15, -0.1) is 0 Å². The fourth-order valence-electron chi connectivity index (χ4n) is 1.69. The number of hydrogen-bond donors (Lipinski definition) is 1. The second-order valence-electron chi connectivity index (χ2n) is 5.14. The van der Waals surface area contributed by atoms with Crippen LogP contribution in [0, 0.1) is 0 Å². The van der Waals surface area contributed by atoms with Gasteiger partial charge in [-0.05, 0) is 45.5 Å². The van der Waals surface area contributed by atoms with Crippen molar-refractivity contribution in [3.05, 3.63) is 35.4 Å². The lowest BCUT2D eigenvalue weighted by molar-refractivity contribution is -0.155. The Kier molecular flexibility index (Phi) is 5.27. The molecule has 5 nitrogen and oxygen atoms in total. The first-order valence-corrected chi connectivity index (χ1v) is 6.49. The number of esters is 1. The lowest BCUT2D eigenvalue weighted by atomic mass is 10.0. The van der Waals surface area contributed by atoms with Crippen molar-refractivity contribution in [1.82, 2.24) is 4.90 Å². The summed E-state index contributed by atoms with van der Waals surface area (Å²) in [5.41, 5.74) is 0.456. The maximum absolute atomic E-state index is 11.9. The van der Waals surface area contributed by atoms with Crippen molar-refractivity contribution in [2.45, 2.75) is 32.9 Å². The van der Waals surface area contributed by atoms with Gasteiger partial charge in [0.25, 0.3) is 0 Å². The van der Waals surface area contributed by atoms with E-state index in [0.717, 1.165) is 5.56 Å². The number of nitrogens with zero attached hydrogens (tertiary/aromatic N) is 1. The van der Waals surface area contributed by atoms with Crippen molar-refractivity contribution in [1.29, 1.82) is 0 Å². The van der Waals surface area contributed by atoms with Crippen molar-refractivity contribution in [3.8, 4) is 0 Å². The smallest absolute Gasteiger partial charge is 0.335 e. The number of rotatable bonds is 6. The van der Waals surface area contributed by atoms with Gasteiger partial charge in [0.2, 0.25) is 0 Å². The molecule has 0 fully saturated rings. The van der Waals surface area contributed by atoms with Crippen LogP contribution in [0.5, 0.6) is 0 Å². The molecule has 1 rings (SSSR count). The molecule has 0 saturated carbocycles. The molecule has 0 aliphatic rings. The molecule has 5 heteroatoms. The summed E-state index contributed by atoms with van der Waals surface area (Å²) in [5, 5.41) is 8.85. The number of benzene rings is 1. The van der Waals surface area contributed by atoms with Crippen LogP contribution in [0.25, 0.3) is 0 Å². The highest BCUT2D eigenvalue weighted by molar-refractivity contribution is 5.87. The van der Waals surface area contributed by atoms with E-state index in [0.29, 0.717) is 13.2 Å². The van der Waals surface area contributed by atoms with Gasteiger partial charge in [0, 0.05) is 6.54 Å². The third-order valence-electron chi connectivity index (χ3n) is 3.35. The van der Waals surface area contributed by atoms with E-state index in [-0.39, 0.29) is 11.5 Å². The zero-order valence-electron chi connectivity index (χ0n) is 12.3. The normalized spacial score (nSPS) is 11.4. The predicted molar refractivity (Wildman–Crippen MR) is 75.6 cm³/mol. The molecule has 1 aromatic carbocycles. The molecule has 0 aromatic heterocycles. The summed E-state index contributed by atoms with van der Waals surface area (Å²) in [7, 11) is 1.84. The first-order chi connectivity index (χ1) is 9.28. The third kappa shape index (κ3) is 3.81. The number of likely N-dealkylation sites (N-methyl/N-ethyl adjacent to an activating group) is 1. The molecule has 20 heavy (non-hydrogen) atoms. The number of aromatic carboxylic acids is 1. The average molecular weight is 279 g/mol. The van der Waals surface area contributed by atoms with E-state index in [1.54, 1.807) is 45.0 Å². The van der Waals surface area contributed by atoms with Gasteiger partial charge >= 0.3 is 11.9 Å². The van der Waals surface area contributed by atoms with Crippen LogP contribution in [0.15, 0.2) is 24.3 Å². The van der Waals surface area contributed by atoms with Gasteiger partial charge < -0.3 is 9.84 Å². The summed E-state index contributed by atoms with van der Waals surface area (Å²) < 4.78 is 5.06. The fraction of sp³-hybridized carbons (Fsp3) is 0.467. The van der Waals surface area contributed by atoms with Gasteiger partial charge in [-0.2, -0.15) is 0 Å². The monoisotopic (exact) mass is 279 g/mol. The van der Waals surface area contributed by atoms with Crippen LogP contribution in [0.1, 0.15) is 36.7 Å². The lowest BCUT2D eigenvalue weighted by Gasteiger charge is -2.33. The average Bonchev–Trinajstić information content (AvgIpc) is 2.39. The van der Waals surface area contributed by atoms with Crippen molar-refractivity contribution in [3.63, 3.8) is 0 Å². The highest BCUT2D eigenvalue weighted by Gasteiger charge is 2.33. The fourth-order valence-corrected chi connectivity index (χ4v) is 1.69. The number of carboxylic acid groups (broad SMARTS) is 1. The van der Waals surface area contributed by atoms with Crippen molar-refractivity contribution in [2.75, 3.05) is 13.7 Å². The van der Waals surface area contributed by atoms with E-state index in [1.165, 1.54) is 0 Å². The van der Waals surface area contributed by atoms with E-state index >= 15 is 0 Å². The number of hydrogen-bond acceptors (Lipinski definition) is 4. The maximum atomic E-state index is 11.9. The van der Waals surface area contributed by atoms with Crippen LogP contribution >= 0.6 is 0 Å². The van der Waals surface area contributed by atoms with Gasteiger partial charge in [-0.3, -0.25) is 9.69 Å². The lowest BCUT2D eigenvalue weighted by Crippen LogP contribution is -2.48. The van der Waals surface area contributed by atoms with E-state index in [2.05, 4.69) is 0 Å².